The topological polar surface area (TPSA) is 280 Å². The van der Waals surface area contributed by atoms with Gasteiger partial charge in [-0.15, -0.1) is 0 Å². The van der Waals surface area contributed by atoms with Gasteiger partial charge in [0.1, 0.15) is 19.6 Å². The minimum atomic E-state index is -4.95. The predicted octanol–water partition coefficient (Wildman–Crippen LogP) is 3.49. The third-order valence-electron chi connectivity index (χ3n) is 5.81. The molecule has 0 saturated carbocycles. The predicted molar refractivity (Wildman–Crippen MR) is 159 cm³/mol. The van der Waals surface area contributed by atoms with Crippen LogP contribution in [0, 0.1) is 0 Å². The van der Waals surface area contributed by atoms with Crippen LogP contribution in [-0.2, 0) is 40.5 Å². The highest BCUT2D eigenvalue weighted by molar-refractivity contribution is 7.86. The third kappa shape index (κ3) is 7.62. The smallest absolute Gasteiger partial charge is 0.296 e. The van der Waals surface area contributed by atoms with Gasteiger partial charge in [-0.1, -0.05) is 12.1 Å². The molecule has 0 amide bonds. The SMILES string of the molecule is Nc1ccc(Nc2ccc(Nc3ccc(Nc4ccccc4S(=O)(=O)O)cc3S(=O)(=O)O)cc2S(=O)(=O)O)cc1S(=O)(=O)O. The molecule has 0 heterocycles. The molecule has 44 heavy (non-hydrogen) atoms. The molecular weight excluding hydrogens is 665 g/mol. The summed E-state index contributed by atoms with van der Waals surface area (Å²) in [4.78, 5) is -2.62. The van der Waals surface area contributed by atoms with Crippen LogP contribution in [-0.4, -0.2) is 51.9 Å². The maximum Gasteiger partial charge on any atom is 0.296 e. The summed E-state index contributed by atoms with van der Waals surface area (Å²) >= 11 is 0. The zero-order valence-corrected chi connectivity index (χ0v) is 25.0. The molecule has 16 nitrogen and oxygen atoms in total. The molecule has 0 aromatic heterocycles. The first kappa shape index (κ1) is 32.6. The Bertz CT molecular complexity index is 2220. The molecular formula is C24H22N4O12S4. The van der Waals surface area contributed by atoms with Crippen molar-refractivity contribution < 1.29 is 51.9 Å². The lowest BCUT2D eigenvalue weighted by molar-refractivity contribution is 0.481. The summed E-state index contributed by atoms with van der Waals surface area (Å²) in [6, 6.07) is 15.2. The van der Waals surface area contributed by atoms with Crippen molar-refractivity contribution in [2.45, 2.75) is 19.6 Å². The molecule has 4 aromatic carbocycles. The number of anilines is 7. The van der Waals surface area contributed by atoms with E-state index in [0.29, 0.717) is 0 Å². The lowest BCUT2D eigenvalue weighted by Crippen LogP contribution is -2.08. The van der Waals surface area contributed by atoms with Crippen LogP contribution >= 0.6 is 0 Å². The van der Waals surface area contributed by atoms with Gasteiger partial charge in [0.15, 0.2) is 0 Å². The van der Waals surface area contributed by atoms with Crippen LogP contribution in [0.25, 0.3) is 0 Å². The van der Waals surface area contributed by atoms with Crippen molar-refractivity contribution >= 4 is 80.3 Å². The number of benzene rings is 4. The number of nitrogens with two attached hydrogens (primary N) is 1. The van der Waals surface area contributed by atoms with E-state index in [9.17, 15) is 51.9 Å². The first-order valence-corrected chi connectivity index (χ1v) is 17.5. The molecule has 0 radical (unpaired) electrons. The van der Waals surface area contributed by atoms with E-state index in [1.165, 1.54) is 36.4 Å². The van der Waals surface area contributed by atoms with Gasteiger partial charge >= 0.3 is 0 Å². The maximum absolute atomic E-state index is 12.2. The molecule has 0 bridgehead atoms. The van der Waals surface area contributed by atoms with Crippen molar-refractivity contribution in [1.29, 1.82) is 0 Å². The number of hydrogen-bond donors (Lipinski definition) is 8. The molecule has 0 aliphatic heterocycles. The van der Waals surface area contributed by atoms with Crippen molar-refractivity contribution in [3.63, 3.8) is 0 Å². The molecule has 20 heteroatoms. The Morgan fingerprint density at radius 3 is 1.18 bits per heavy atom. The Morgan fingerprint density at radius 2 is 0.773 bits per heavy atom. The standard InChI is InChI=1S/C24H22N4O12S4/c25-17-8-5-14(11-22(17)42(32,33)34)27-19-10-7-16(13-24(19)44(38,39)40)28-20-9-6-15(12-23(20)43(35,36)37)26-18-3-1-2-4-21(18)41(29,30)31/h1-13,26-28H,25H2,(H,29,30,31)(H,32,33,34)(H,35,36,37)(H,38,39,40). The Morgan fingerprint density at radius 1 is 0.432 bits per heavy atom. The highest BCUT2D eigenvalue weighted by Gasteiger charge is 2.22. The maximum atomic E-state index is 12.2. The minimum absolute atomic E-state index is 0.0230. The van der Waals surface area contributed by atoms with E-state index >= 15 is 0 Å². The van der Waals surface area contributed by atoms with E-state index in [0.717, 1.165) is 42.5 Å². The van der Waals surface area contributed by atoms with Crippen LogP contribution in [0.2, 0.25) is 0 Å². The summed E-state index contributed by atoms with van der Waals surface area (Å²) in [5.41, 5.74) is 4.50. The van der Waals surface area contributed by atoms with Gasteiger partial charge in [-0.2, -0.15) is 33.7 Å². The second kappa shape index (κ2) is 11.7. The zero-order valence-electron chi connectivity index (χ0n) is 21.8. The van der Waals surface area contributed by atoms with Crippen molar-refractivity contribution in [2.75, 3.05) is 21.7 Å². The average molecular weight is 687 g/mol. The summed E-state index contributed by atoms with van der Waals surface area (Å²) in [7, 11) is -19.3. The summed E-state index contributed by atoms with van der Waals surface area (Å²) in [5.74, 6) is 0. The van der Waals surface area contributed by atoms with E-state index in [-0.39, 0.29) is 39.8 Å². The van der Waals surface area contributed by atoms with Crippen molar-refractivity contribution in [1.82, 2.24) is 0 Å². The number of para-hydroxylation sites is 1. The fourth-order valence-electron chi connectivity index (χ4n) is 3.93. The Balaban J connectivity index is 1.71. The molecule has 4 aromatic rings. The second-order valence-electron chi connectivity index (χ2n) is 8.95. The van der Waals surface area contributed by atoms with Crippen LogP contribution in [0.1, 0.15) is 0 Å². The number of nitrogens with one attached hydrogen (secondary N) is 3. The van der Waals surface area contributed by atoms with Gasteiger partial charge in [-0.05, 0) is 66.7 Å². The molecule has 0 unspecified atom stereocenters. The fourth-order valence-corrected chi connectivity index (χ4v) is 6.57. The highest BCUT2D eigenvalue weighted by Crippen LogP contribution is 2.34. The highest BCUT2D eigenvalue weighted by atomic mass is 32.2. The first-order valence-electron chi connectivity index (χ1n) is 11.7. The molecule has 0 aliphatic carbocycles. The monoisotopic (exact) mass is 686 g/mol. The lowest BCUT2D eigenvalue weighted by atomic mass is 10.2. The van der Waals surface area contributed by atoms with E-state index in [2.05, 4.69) is 16.0 Å². The van der Waals surface area contributed by atoms with Gasteiger partial charge in [0.2, 0.25) is 0 Å². The summed E-state index contributed by atoms with van der Waals surface area (Å²) in [6.45, 7) is 0. The van der Waals surface area contributed by atoms with Crippen LogP contribution in [0.15, 0.2) is 98.4 Å². The quantitative estimate of drug-likeness (QED) is 0.0875. The number of hydrogen-bond acceptors (Lipinski definition) is 12. The van der Waals surface area contributed by atoms with Crippen molar-refractivity contribution in [3.8, 4) is 0 Å². The molecule has 9 N–H and O–H groups in total. The van der Waals surface area contributed by atoms with Crippen LogP contribution in [0.4, 0.5) is 39.8 Å². The molecule has 234 valence electrons. The van der Waals surface area contributed by atoms with E-state index in [1.54, 1.807) is 0 Å². The van der Waals surface area contributed by atoms with Crippen molar-refractivity contribution in [2.24, 2.45) is 0 Å². The van der Waals surface area contributed by atoms with Gasteiger partial charge in [-0.3, -0.25) is 18.2 Å². The Kier molecular flexibility index (Phi) is 8.65. The van der Waals surface area contributed by atoms with Gasteiger partial charge in [0, 0.05) is 17.1 Å². The Hall–Kier alpha value is -4.28. The molecule has 0 spiro atoms. The normalized spacial score (nSPS) is 12.5. The Labute approximate surface area is 251 Å². The average Bonchev–Trinajstić information content (AvgIpc) is 2.89. The summed E-state index contributed by atoms with van der Waals surface area (Å²) in [5, 5.41) is 7.83. The largest absolute Gasteiger partial charge is 0.398 e. The second-order valence-corrected chi connectivity index (χ2v) is 14.5. The molecule has 0 fully saturated rings. The van der Waals surface area contributed by atoms with E-state index in [1.807, 2.05) is 0 Å². The lowest BCUT2D eigenvalue weighted by Gasteiger charge is -2.16. The van der Waals surface area contributed by atoms with Crippen LogP contribution in [0.5, 0.6) is 0 Å². The van der Waals surface area contributed by atoms with Crippen LogP contribution in [0.3, 0.4) is 0 Å². The summed E-state index contributed by atoms with van der Waals surface area (Å²) in [6.07, 6.45) is 0. The van der Waals surface area contributed by atoms with Crippen molar-refractivity contribution in [3.05, 3.63) is 78.9 Å². The van der Waals surface area contributed by atoms with Crippen LogP contribution < -0.4 is 21.7 Å². The molecule has 0 atom stereocenters. The molecule has 0 saturated heterocycles. The zero-order chi connectivity index (χ0) is 32.7. The van der Waals surface area contributed by atoms with E-state index in [4.69, 9.17) is 5.73 Å². The molecule has 4 rings (SSSR count). The number of nitrogen functional groups attached to an aromatic ring is 1. The van der Waals surface area contributed by atoms with Gasteiger partial charge < -0.3 is 21.7 Å². The molecule has 0 aliphatic rings. The number of rotatable bonds is 10. The van der Waals surface area contributed by atoms with Gasteiger partial charge in [0.25, 0.3) is 40.5 Å². The minimum Gasteiger partial charge on any atom is -0.398 e. The van der Waals surface area contributed by atoms with E-state index < -0.39 is 60.1 Å². The van der Waals surface area contributed by atoms with Gasteiger partial charge in [0.05, 0.1) is 22.7 Å². The fraction of sp³-hybridized carbons (Fsp3) is 0. The first-order chi connectivity index (χ1) is 20.2. The third-order valence-corrected chi connectivity index (χ3v) is 9.42. The van der Waals surface area contributed by atoms with Gasteiger partial charge in [-0.25, -0.2) is 0 Å². The summed E-state index contributed by atoms with van der Waals surface area (Å²) < 4.78 is 134.